The molecule has 2 rings (SSSR count). The molecule has 2 aromatic rings. The highest BCUT2D eigenvalue weighted by molar-refractivity contribution is 5.69. The van der Waals surface area contributed by atoms with E-state index in [9.17, 15) is 4.79 Å². The van der Waals surface area contributed by atoms with Crippen molar-refractivity contribution in [1.29, 1.82) is 0 Å². The van der Waals surface area contributed by atoms with Crippen LogP contribution < -0.4 is 4.74 Å². The Morgan fingerprint density at radius 3 is 2.00 bits per heavy atom. The molecule has 0 bridgehead atoms. The maximum absolute atomic E-state index is 12.3. The Labute approximate surface area is 252 Å². The van der Waals surface area contributed by atoms with Crippen molar-refractivity contribution in [2.45, 2.75) is 129 Å². The van der Waals surface area contributed by atoms with Crippen molar-refractivity contribution in [3.8, 4) is 5.75 Å². The summed E-state index contributed by atoms with van der Waals surface area (Å²) >= 11 is 0. The largest absolute Gasteiger partial charge is 0.487 e. The summed E-state index contributed by atoms with van der Waals surface area (Å²) in [4.78, 5) is 12.3. The fourth-order valence-electron chi connectivity index (χ4n) is 5.46. The highest BCUT2D eigenvalue weighted by atomic mass is 16.6. The molecule has 0 N–H and O–H groups in total. The Kier molecular flexibility index (Phi) is 18.2. The third kappa shape index (κ3) is 18.0. The van der Waals surface area contributed by atoms with E-state index in [1.165, 1.54) is 88.2 Å². The zero-order valence-corrected chi connectivity index (χ0v) is 26.9. The van der Waals surface area contributed by atoms with E-state index in [-0.39, 0.29) is 18.7 Å². The molecule has 0 fully saturated rings. The number of quaternary nitrogens is 1. The minimum absolute atomic E-state index is 0.130. The Balaban J connectivity index is 1.51. The number of carbonyl (C=O) groups excluding carboxylic acids is 1. The monoisotopic (exact) mass is 566 g/mol. The van der Waals surface area contributed by atoms with Gasteiger partial charge in [0.25, 0.3) is 0 Å². The number of hydrogen-bond donors (Lipinski definition) is 0. The Hall–Kier alpha value is -2.33. The molecule has 2 aromatic carbocycles. The van der Waals surface area contributed by atoms with E-state index in [0.29, 0.717) is 6.42 Å². The first-order valence-corrected chi connectivity index (χ1v) is 16.6. The van der Waals surface area contributed by atoms with E-state index >= 15 is 0 Å². The van der Waals surface area contributed by atoms with E-state index in [4.69, 9.17) is 9.47 Å². The predicted molar refractivity (Wildman–Crippen MR) is 173 cm³/mol. The van der Waals surface area contributed by atoms with Gasteiger partial charge >= 0.3 is 5.97 Å². The van der Waals surface area contributed by atoms with Crippen molar-refractivity contribution in [3.63, 3.8) is 0 Å². The molecule has 0 aliphatic heterocycles. The summed E-state index contributed by atoms with van der Waals surface area (Å²) in [5.74, 6) is 0.734. The fourth-order valence-corrected chi connectivity index (χ4v) is 5.46. The van der Waals surface area contributed by atoms with Crippen LogP contribution in [0, 0.1) is 0 Å². The van der Waals surface area contributed by atoms with Gasteiger partial charge in [-0.05, 0) is 50.3 Å². The summed E-state index contributed by atoms with van der Waals surface area (Å²) in [6.07, 6.45) is 19.7. The highest BCUT2D eigenvalue weighted by Crippen LogP contribution is 2.18. The number of esters is 1. The predicted octanol–water partition coefficient (Wildman–Crippen LogP) is 9.69. The van der Waals surface area contributed by atoms with Gasteiger partial charge in [0.2, 0.25) is 0 Å². The quantitative estimate of drug-likeness (QED) is 0.0721. The van der Waals surface area contributed by atoms with Crippen molar-refractivity contribution >= 4 is 5.97 Å². The first-order valence-electron chi connectivity index (χ1n) is 16.6. The van der Waals surface area contributed by atoms with Crippen LogP contribution in [0.15, 0.2) is 54.6 Å². The highest BCUT2D eigenvalue weighted by Gasteiger charge is 2.16. The molecule has 0 saturated carbocycles. The lowest BCUT2D eigenvalue weighted by Gasteiger charge is -2.30. The molecule has 0 amide bonds. The number of nitrogens with zero attached hydrogens (tertiary/aromatic N) is 1. The summed E-state index contributed by atoms with van der Waals surface area (Å²) in [6, 6.07) is 19.0. The lowest BCUT2D eigenvalue weighted by atomic mass is 10.0. The van der Waals surface area contributed by atoms with Crippen LogP contribution in [0.4, 0.5) is 0 Å². The van der Waals surface area contributed by atoms with Crippen LogP contribution in [0.2, 0.25) is 0 Å². The average Bonchev–Trinajstić information content (AvgIpc) is 2.95. The first-order chi connectivity index (χ1) is 19.9. The summed E-state index contributed by atoms with van der Waals surface area (Å²) in [6.45, 7) is 6.58. The van der Waals surface area contributed by atoms with Gasteiger partial charge in [-0.15, -0.1) is 0 Å². The van der Waals surface area contributed by atoms with Crippen LogP contribution in [-0.2, 0) is 22.5 Å². The molecule has 0 radical (unpaired) electrons. The fraction of sp³-hybridized carbons (Fsp3) is 0.649. The molecule has 0 aromatic heterocycles. The van der Waals surface area contributed by atoms with Gasteiger partial charge in [-0.3, -0.25) is 4.79 Å². The lowest BCUT2D eigenvalue weighted by Crippen LogP contribution is -2.39. The van der Waals surface area contributed by atoms with Gasteiger partial charge in [0, 0.05) is 12.0 Å². The van der Waals surface area contributed by atoms with Crippen molar-refractivity contribution in [1.82, 2.24) is 0 Å². The molecule has 1 unspecified atom stereocenters. The van der Waals surface area contributed by atoms with Crippen LogP contribution in [0.5, 0.6) is 5.75 Å². The van der Waals surface area contributed by atoms with E-state index in [2.05, 4.69) is 69.6 Å². The average molecular weight is 567 g/mol. The smallest absolute Gasteiger partial charge is 0.305 e. The van der Waals surface area contributed by atoms with Gasteiger partial charge in [-0.2, -0.15) is 0 Å². The third-order valence-corrected chi connectivity index (χ3v) is 7.88. The van der Waals surface area contributed by atoms with Gasteiger partial charge in [0.05, 0.1) is 20.6 Å². The van der Waals surface area contributed by atoms with Gasteiger partial charge in [0.1, 0.15) is 25.0 Å². The number of ether oxygens (including phenoxy) is 2. The molecule has 0 heterocycles. The van der Waals surface area contributed by atoms with Crippen LogP contribution in [0.25, 0.3) is 0 Å². The summed E-state index contributed by atoms with van der Waals surface area (Å²) < 4.78 is 12.5. The summed E-state index contributed by atoms with van der Waals surface area (Å²) in [7, 11) is 4.50. The van der Waals surface area contributed by atoms with Crippen LogP contribution >= 0.6 is 0 Å². The molecule has 4 heteroatoms. The molecule has 0 aliphatic carbocycles. The molecule has 0 saturated heterocycles. The zero-order chi connectivity index (χ0) is 29.6. The maximum atomic E-state index is 12.3. The standard InChI is InChI=1S/C37H60NO3/c1-5-6-7-8-9-10-11-12-13-14-15-17-23-34-26-22-27-36(30-34)41-33(2)32-40-37(39)28-20-21-29-38(3,4)31-35-24-18-16-19-25-35/h16,18-19,22,24-27,30,33H,5-15,17,20-21,23,28-29,31-32H2,1-4H3/q+1. The number of rotatable bonds is 24. The minimum Gasteiger partial charge on any atom is -0.487 e. The second-order valence-electron chi connectivity index (χ2n) is 12.7. The van der Waals surface area contributed by atoms with Crippen LogP contribution in [0.1, 0.15) is 121 Å². The minimum atomic E-state index is -0.165. The molecule has 0 spiro atoms. The van der Waals surface area contributed by atoms with Crippen LogP contribution in [0.3, 0.4) is 0 Å². The normalized spacial score (nSPS) is 12.3. The van der Waals surface area contributed by atoms with Gasteiger partial charge in [0.15, 0.2) is 0 Å². The number of carbonyl (C=O) groups is 1. The molecule has 230 valence electrons. The maximum Gasteiger partial charge on any atom is 0.305 e. The van der Waals surface area contributed by atoms with E-state index < -0.39 is 0 Å². The van der Waals surface area contributed by atoms with E-state index in [0.717, 1.165) is 42.6 Å². The lowest BCUT2D eigenvalue weighted by molar-refractivity contribution is -0.903. The number of aryl methyl sites for hydroxylation is 1. The van der Waals surface area contributed by atoms with Gasteiger partial charge in [-0.25, -0.2) is 0 Å². The van der Waals surface area contributed by atoms with Crippen molar-refractivity contribution in [3.05, 3.63) is 65.7 Å². The second kappa shape index (κ2) is 21.4. The number of benzene rings is 2. The molecule has 41 heavy (non-hydrogen) atoms. The van der Waals surface area contributed by atoms with Gasteiger partial charge in [-0.1, -0.05) is 120 Å². The Morgan fingerprint density at radius 1 is 0.732 bits per heavy atom. The van der Waals surface area contributed by atoms with E-state index in [1.807, 2.05) is 13.0 Å². The van der Waals surface area contributed by atoms with E-state index in [1.54, 1.807) is 0 Å². The zero-order valence-electron chi connectivity index (χ0n) is 26.9. The van der Waals surface area contributed by atoms with Crippen molar-refractivity contribution < 1.29 is 18.8 Å². The second-order valence-corrected chi connectivity index (χ2v) is 12.7. The number of hydrogen-bond acceptors (Lipinski definition) is 3. The van der Waals surface area contributed by atoms with Crippen molar-refractivity contribution in [2.24, 2.45) is 0 Å². The topological polar surface area (TPSA) is 35.5 Å². The Bertz CT molecular complexity index is 927. The molecular formula is C37H60NO3+. The first kappa shape index (κ1) is 34.9. The Morgan fingerprint density at radius 2 is 1.34 bits per heavy atom. The van der Waals surface area contributed by atoms with Gasteiger partial charge < -0.3 is 14.0 Å². The third-order valence-electron chi connectivity index (χ3n) is 7.88. The summed E-state index contributed by atoms with van der Waals surface area (Å²) in [5, 5.41) is 0. The molecule has 1 atom stereocenters. The SMILES string of the molecule is CCCCCCCCCCCCCCc1cccc(OC(C)COC(=O)CCCC[N+](C)(C)Cc2ccccc2)c1. The molecule has 4 nitrogen and oxygen atoms in total. The van der Waals surface area contributed by atoms with Crippen LogP contribution in [-0.4, -0.2) is 43.8 Å². The summed E-state index contributed by atoms with van der Waals surface area (Å²) in [5.41, 5.74) is 2.67. The molecule has 0 aliphatic rings. The van der Waals surface area contributed by atoms with Crippen molar-refractivity contribution in [2.75, 3.05) is 27.2 Å². The number of unbranched alkanes of at least 4 members (excludes halogenated alkanes) is 12. The molecular weight excluding hydrogens is 506 g/mol.